The molecule has 0 fully saturated rings. The number of benzene rings is 2. The average molecular weight is 446 g/mol. The van der Waals surface area contributed by atoms with Crippen molar-refractivity contribution < 1.29 is 42.7 Å². The van der Waals surface area contributed by atoms with E-state index in [0.717, 1.165) is 0 Å². The smallest absolute Gasteiger partial charge is 0.303 e. The Balaban J connectivity index is 2.22. The number of rotatable bonds is 7. The van der Waals surface area contributed by atoms with Crippen LogP contribution in [0.1, 0.15) is 37.2 Å². The molecule has 32 heavy (non-hydrogen) atoms. The van der Waals surface area contributed by atoms with Crippen molar-refractivity contribution in [3.8, 4) is 28.7 Å². The van der Waals surface area contributed by atoms with Crippen LogP contribution in [0, 0.1) is 0 Å². The number of fused-ring (bicyclic) bond motifs is 1. The summed E-state index contributed by atoms with van der Waals surface area (Å²) < 4.78 is 39.2. The number of hydrogen-bond acceptors (Lipinski definition) is 9. The predicted molar refractivity (Wildman–Crippen MR) is 113 cm³/mol. The van der Waals surface area contributed by atoms with Crippen molar-refractivity contribution in [1.82, 2.24) is 0 Å². The second kappa shape index (κ2) is 9.67. The summed E-state index contributed by atoms with van der Waals surface area (Å²) in [5.74, 6) is 0.973. The number of carbonyl (C=O) groups excluding carboxylic acids is 2. The van der Waals surface area contributed by atoms with Gasteiger partial charge in [0.2, 0.25) is 5.75 Å². The Morgan fingerprint density at radius 3 is 1.97 bits per heavy atom. The van der Waals surface area contributed by atoms with Crippen molar-refractivity contribution in [2.75, 3.05) is 28.4 Å². The first-order chi connectivity index (χ1) is 15.3. The molecule has 0 saturated heterocycles. The van der Waals surface area contributed by atoms with E-state index in [-0.39, 0.29) is 0 Å². The monoisotopic (exact) mass is 446 g/mol. The van der Waals surface area contributed by atoms with Crippen LogP contribution in [0.25, 0.3) is 0 Å². The van der Waals surface area contributed by atoms with Gasteiger partial charge in [0.15, 0.2) is 41.3 Å². The van der Waals surface area contributed by atoms with Crippen LogP contribution in [0.5, 0.6) is 28.7 Å². The van der Waals surface area contributed by atoms with Gasteiger partial charge in [0.25, 0.3) is 0 Å². The number of hydrogen-bond donors (Lipinski definition) is 0. The van der Waals surface area contributed by atoms with E-state index < -0.39 is 30.3 Å². The van der Waals surface area contributed by atoms with Gasteiger partial charge in [0, 0.05) is 25.0 Å². The second-order valence-corrected chi connectivity index (χ2v) is 6.98. The lowest BCUT2D eigenvalue weighted by Crippen LogP contribution is -2.39. The van der Waals surface area contributed by atoms with Gasteiger partial charge in [0.05, 0.1) is 28.4 Å². The third-order valence-corrected chi connectivity index (χ3v) is 5.01. The van der Waals surface area contributed by atoms with Crippen molar-refractivity contribution >= 4 is 11.9 Å². The molecule has 3 atom stereocenters. The molecular weight excluding hydrogens is 420 g/mol. The highest BCUT2D eigenvalue weighted by atomic mass is 16.6. The fourth-order valence-electron chi connectivity index (χ4n) is 3.70. The molecule has 0 aliphatic carbocycles. The van der Waals surface area contributed by atoms with E-state index in [4.69, 9.17) is 33.2 Å². The SMILES string of the molecule is COc1ccc([C@H]2Oc3c(ccc(OC)c3OC)[C@@H](OC(C)=O)[C@H]2OC(C)=O)cc1OC. The minimum absolute atomic E-state index is 0.321. The fourth-order valence-corrected chi connectivity index (χ4v) is 3.70. The van der Waals surface area contributed by atoms with E-state index in [1.165, 1.54) is 42.3 Å². The van der Waals surface area contributed by atoms with Gasteiger partial charge in [-0.25, -0.2) is 0 Å². The summed E-state index contributed by atoms with van der Waals surface area (Å²) >= 11 is 0. The molecule has 0 aromatic heterocycles. The van der Waals surface area contributed by atoms with E-state index in [2.05, 4.69) is 0 Å². The lowest BCUT2D eigenvalue weighted by Gasteiger charge is -2.39. The first-order valence-electron chi connectivity index (χ1n) is 9.82. The van der Waals surface area contributed by atoms with Crippen molar-refractivity contribution in [2.45, 2.75) is 32.2 Å². The molecule has 9 nitrogen and oxygen atoms in total. The Morgan fingerprint density at radius 2 is 1.41 bits per heavy atom. The van der Waals surface area contributed by atoms with Crippen LogP contribution >= 0.6 is 0 Å². The number of esters is 2. The topological polar surface area (TPSA) is 98.8 Å². The summed E-state index contributed by atoms with van der Waals surface area (Å²) in [6.07, 6.45) is -2.77. The molecule has 9 heteroatoms. The molecule has 2 aromatic carbocycles. The summed E-state index contributed by atoms with van der Waals surface area (Å²) in [4.78, 5) is 23.9. The maximum absolute atomic E-state index is 12.0. The molecule has 1 aliphatic heterocycles. The molecule has 1 aliphatic rings. The third kappa shape index (κ3) is 4.37. The average Bonchev–Trinajstić information content (AvgIpc) is 2.78. The molecule has 0 unspecified atom stereocenters. The van der Waals surface area contributed by atoms with Crippen LogP contribution in [0.4, 0.5) is 0 Å². The van der Waals surface area contributed by atoms with Crippen LogP contribution < -0.4 is 23.7 Å². The number of ether oxygens (including phenoxy) is 7. The zero-order valence-electron chi connectivity index (χ0n) is 18.8. The number of carbonyl (C=O) groups is 2. The van der Waals surface area contributed by atoms with E-state index in [0.29, 0.717) is 39.9 Å². The number of methoxy groups -OCH3 is 4. The summed E-state index contributed by atoms with van der Waals surface area (Å²) in [5, 5.41) is 0. The summed E-state index contributed by atoms with van der Waals surface area (Å²) in [6, 6.07) is 8.53. The predicted octanol–water partition coefficient (Wildman–Crippen LogP) is 3.39. The third-order valence-electron chi connectivity index (χ3n) is 5.01. The molecule has 172 valence electrons. The molecule has 0 amide bonds. The maximum atomic E-state index is 12.0. The van der Waals surface area contributed by atoms with Gasteiger partial charge in [-0.2, -0.15) is 0 Å². The van der Waals surface area contributed by atoms with E-state index in [1.807, 2.05) is 0 Å². The Hall–Kier alpha value is -3.62. The van der Waals surface area contributed by atoms with Gasteiger partial charge in [-0.05, 0) is 24.3 Å². The minimum Gasteiger partial charge on any atom is -0.493 e. The van der Waals surface area contributed by atoms with Gasteiger partial charge in [0.1, 0.15) is 0 Å². The molecule has 0 spiro atoms. The normalized spacial score (nSPS) is 19.1. The Labute approximate surface area is 186 Å². The molecule has 3 rings (SSSR count). The van der Waals surface area contributed by atoms with Crippen molar-refractivity contribution in [3.63, 3.8) is 0 Å². The minimum atomic E-state index is -0.972. The Bertz CT molecular complexity index is 1000. The summed E-state index contributed by atoms with van der Waals surface area (Å²) in [5.41, 5.74) is 1.10. The highest BCUT2D eigenvalue weighted by Crippen LogP contribution is 2.52. The zero-order chi connectivity index (χ0) is 23.4. The highest BCUT2D eigenvalue weighted by Gasteiger charge is 2.45. The van der Waals surface area contributed by atoms with Crippen molar-refractivity contribution in [1.29, 1.82) is 0 Å². The van der Waals surface area contributed by atoms with Crippen LogP contribution in [-0.4, -0.2) is 46.5 Å². The van der Waals surface area contributed by atoms with Gasteiger partial charge in [-0.3, -0.25) is 9.59 Å². The van der Waals surface area contributed by atoms with Crippen LogP contribution in [0.15, 0.2) is 30.3 Å². The van der Waals surface area contributed by atoms with Gasteiger partial charge >= 0.3 is 11.9 Å². The molecule has 0 N–H and O–H groups in total. The van der Waals surface area contributed by atoms with Gasteiger partial charge < -0.3 is 33.2 Å². The highest BCUT2D eigenvalue weighted by molar-refractivity contribution is 5.69. The van der Waals surface area contributed by atoms with Crippen molar-refractivity contribution in [3.05, 3.63) is 41.5 Å². The molecule has 1 heterocycles. The summed E-state index contributed by atoms with van der Waals surface area (Å²) in [7, 11) is 6.02. The lowest BCUT2D eigenvalue weighted by molar-refractivity contribution is -0.178. The Kier molecular flexibility index (Phi) is 6.97. The van der Waals surface area contributed by atoms with Gasteiger partial charge in [-0.1, -0.05) is 6.07 Å². The van der Waals surface area contributed by atoms with Crippen molar-refractivity contribution in [2.24, 2.45) is 0 Å². The maximum Gasteiger partial charge on any atom is 0.303 e. The van der Waals surface area contributed by atoms with E-state index >= 15 is 0 Å². The molecular formula is C23H26O9. The molecule has 0 radical (unpaired) electrons. The van der Waals surface area contributed by atoms with E-state index in [1.54, 1.807) is 30.3 Å². The van der Waals surface area contributed by atoms with E-state index in [9.17, 15) is 9.59 Å². The first kappa shape index (κ1) is 23.1. The quantitative estimate of drug-likeness (QED) is 0.593. The Morgan fingerprint density at radius 1 is 0.781 bits per heavy atom. The zero-order valence-corrected chi connectivity index (χ0v) is 18.8. The van der Waals surface area contributed by atoms with Crippen LogP contribution in [-0.2, 0) is 19.1 Å². The van der Waals surface area contributed by atoms with Crippen LogP contribution in [0.2, 0.25) is 0 Å². The fraction of sp³-hybridized carbons (Fsp3) is 0.391. The standard InChI is InChI=1S/C23H26O9/c1-12(24)30-21-15-8-10-17(27-4)22(29-6)20(15)32-19(23(21)31-13(2)25)14-7-9-16(26-3)18(11-14)28-5/h7-11,19,21,23H,1-6H3/t19-,21-,23+/m1/s1. The van der Waals surface area contributed by atoms with Gasteiger partial charge in [-0.15, -0.1) is 0 Å². The van der Waals surface area contributed by atoms with Crippen LogP contribution in [0.3, 0.4) is 0 Å². The molecule has 0 bridgehead atoms. The largest absolute Gasteiger partial charge is 0.493 e. The second-order valence-electron chi connectivity index (χ2n) is 6.98. The first-order valence-corrected chi connectivity index (χ1v) is 9.82. The molecule has 0 saturated carbocycles. The summed E-state index contributed by atoms with van der Waals surface area (Å²) in [6.45, 7) is 2.56. The molecule has 2 aromatic rings. The lowest BCUT2D eigenvalue weighted by atomic mass is 9.91.